The van der Waals surface area contributed by atoms with E-state index in [1.165, 1.54) is 11.1 Å². The number of hydrogen-bond donors (Lipinski definition) is 2. The Bertz CT molecular complexity index is 312. The van der Waals surface area contributed by atoms with E-state index in [1.54, 1.807) is 0 Å². The van der Waals surface area contributed by atoms with Gasteiger partial charge in [0.1, 0.15) is 0 Å². The Morgan fingerprint density at radius 3 is 3.08 bits per heavy atom. The molecule has 1 atom stereocenters. The maximum Gasteiger partial charge on any atom is 0.0233 e. The molecule has 0 fully saturated rings. The van der Waals surface area contributed by atoms with Crippen molar-refractivity contribution in [3.63, 3.8) is 0 Å². The summed E-state index contributed by atoms with van der Waals surface area (Å²) in [6, 6.07) is 6.91. The minimum atomic E-state index is 0.452. The second-order valence-corrected chi connectivity index (χ2v) is 4.35. The standard InChI is InChI=1S/C10H13BrN2/c11-9-2-1-7-4-10(5-12)13-6-8(7)3-9/h1-3,10,13H,4-6,12H2. The molecule has 3 N–H and O–H groups in total. The molecule has 70 valence electrons. The molecule has 1 unspecified atom stereocenters. The Morgan fingerprint density at radius 2 is 2.31 bits per heavy atom. The molecule has 13 heavy (non-hydrogen) atoms. The van der Waals surface area contributed by atoms with Crippen molar-refractivity contribution in [1.29, 1.82) is 0 Å². The summed E-state index contributed by atoms with van der Waals surface area (Å²) in [5.74, 6) is 0. The van der Waals surface area contributed by atoms with Crippen LogP contribution in [0.3, 0.4) is 0 Å². The third-order valence-electron chi connectivity index (χ3n) is 2.50. The number of nitrogens with two attached hydrogens (primary N) is 1. The highest BCUT2D eigenvalue weighted by atomic mass is 79.9. The van der Waals surface area contributed by atoms with Crippen LogP contribution in [-0.4, -0.2) is 12.6 Å². The largest absolute Gasteiger partial charge is 0.329 e. The van der Waals surface area contributed by atoms with E-state index < -0.39 is 0 Å². The van der Waals surface area contributed by atoms with Crippen molar-refractivity contribution in [2.24, 2.45) is 5.73 Å². The molecule has 0 saturated carbocycles. The van der Waals surface area contributed by atoms with Crippen LogP contribution in [0.4, 0.5) is 0 Å². The maximum atomic E-state index is 5.62. The average molecular weight is 241 g/mol. The molecule has 0 aliphatic carbocycles. The minimum Gasteiger partial charge on any atom is -0.329 e. The van der Waals surface area contributed by atoms with Crippen molar-refractivity contribution in [3.05, 3.63) is 33.8 Å². The molecule has 0 bridgehead atoms. The van der Waals surface area contributed by atoms with Crippen molar-refractivity contribution < 1.29 is 0 Å². The summed E-state index contributed by atoms with van der Waals surface area (Å²) in [6.45, 7) is 1.66. The third kappa shape index (κ3) is 1.93. The zero-order chi connectivity index (χ0) is 9.26. The van der Waals surface area contributed by atoms with Gasteiger partial charge in [0.25, 0.3) is 0 Å². The SMILES string of the molecule is NCC1Cc2ccc(Br)cc2CN1. The number of fused-ring (bicyclic) bond motifs is 1. The third-order valence-corrected chi connectivity index (χ3v) is 2.99. The van der Waals surface area contributed by atoms with Gasteiger partial charge in [-0.05, 0) is 29.7 Å². The van der Waals surface area contributed by atoms with Crippen LogP contribution in [0.15, 0.2) is 22.7 Å². The van der Waals surface area contributed by atoms with Gasteiger partial charge in [0, 0.05) is 23.6 Å². The van der Waals surface area contributed by atoms with Crippen molar-refractivity contribution >= 4 is 15.9 Å². The molecule has 1 aliphatic heterocycles. The molecule has 3 heteroatoms. The van der Waals surface area contributed by atoms with Crippen LogP contribution in [0, 0.1) is 0 Å². The number of halogens is 1. The number of nitrogens with one attached hydrogen (secondary N) is 1. The number of hydrogen-bond acceptors (Lipinski definition) is 2. The van der Waals surface area contributed by atoms with Crippen LogP contribution in [0.25, 0.3) is 0 Å². The van der Waals surface area contributed by atoms with Crippen LogP contribution < -0.4 is 11.1 Å². The van der Waals surface area contributed by atoms with E-state index >= 15 is 0 Å². The van der Waals surface area contributed by atoms with Crippen LogP contribution in [0.1, 0.15) is 11.1 Å². The Balaban J connectivity index is 2.26. The predicted octanol–water partition coefficient (Wildman–Crippen LogP) is 1.42. The summed E-state index contributed by atoms with van der Waals surface area (Å²) >= 11 is 3.47. The first-order chi connectivity index (χ1) is 6.29. The fourth-order valence-electron chi connectivity index (χ4n) is 1.72. The molecular formula is C10H13BrN2. The quantitative estimate of drug-likeness (QED) is 0.780. The zero-order valence-corrected chi connectivity index (χ0v) is 8.97. The van der Waals surface area contributed by atoms with Gasteiger partial charge in [-0.2, -0.15) is 0 Å². The lowest BCUT2D eigenvalue weighted by Crippen LogP contribution is -2.40. The molecule has 2 nitrogen and oxygen atoms in total. The highest BCUT2D eigenvalue weighted by Crippen LogP contribution is 2.20. The minimum absolute atomic E-state index is 0.452. The van der Waals surface area contributed by atoms with Gasteiger partial charge in [-0.15, -0.1) is 0 Å². The Kier molecular flexibility index (Phi) is 2.67. The van der Waals surface area contributed by atoms with Crippen molar-refractivity contribution in [2.45, 2.75) is 19.0 Å². The summed E-state index contributed by atoms with van der Waals surface area (Å²) < 4.78 is 1.15. The van der Waals surface area contributed by atoms with E-state index in [-0.39, 0.29) is 0 Å². The molecule has 1 aromatic carbocycles. The maximum absolute atomic E-state index is 5.62. The van der Waals surface area contributed by atoms with Crippen LogP contribution >= 0.6 is 15.9 Å². The van der Waals surface area contributed by atoms with Crippen LogP contribution in [0.2, 0.25) is 0 Å². The second-order valence-electron chi connectivity index (χ2n) is 3.43. The van der Waals surface area contributed by atoms with Crippen LogP contribution in [-0.2, 0) is 13.0 Å². The molecule has 0 aromatic heterocycles. The fourth-order valence-corrected chi connectivity index (χ4v) is 2.13. The summed E-state index contributed by atoms with van der Waals surface area (Å²) in [5.41, 5.74) is 8.43. The summed E-state index contributed by atoms with van der Waals surface area (Å²) in [5, 5.41) is 3.41. The Labute approximate surface area is 86.6 Å². The lowest BCUT2D eigenvalue weighted by molar-refractivity contribution is 0.487. The van der Waals surface area contributed by atoms with E-state index in [1.807, 2.05) is 0 Å². The number of rotatable bonds is 1. The Morgan fingerprint density at radius 1 is 1.46 bits per heavy atom. The van der Waals surface area contributed by atoms with Crippen LogP contribution in [0.5, 0.6) is 0 Å². The van der Waals surface area contributed by atoms with E-state index in [2.05, 4.69) is 39.4 Å². The Hall–Kier alpha value is -0.380. The highest BCUT2D eigenvalue weighted by Gasteiger charge is 2.15. The first-order valence-corrected chi connectivity index (χ1v) is 5.29. The van der Waals surface area contributed by atoms with E-state index in [4.69, 9.17) is 5.73 Å². The lowest BCUT2D eigenvalue weighted by atomic mass is 9.96. The van der Waals surface area contributed by atoms with Crippen molar-refractivity contribution in [1.82, 2.24) is 5.32 Å². The molecular weight excluding hydrogens is 228 g/mol. The van der Waals surface area contributed by atoms with Gasteiger partial charge in [0.2, 0.25) is 0 Å². The predicted molar refractivity (Wildman–Crippen MR) is 57.5 cm³/mol. The molecule has 1 aromatic rings. The van der Waals surface area contributed by atoms with Crippen molar-refractivity contribution in [2.75, 3.05) is 6.54 Å². The molecule has 1 aliphatic rings. The van der Waals surface area contributed by atoms with Gasteiger partial charge in [0.15, 0.2) is 0 Å². The van der Waals surface area contributed by atoms with E-state index in [0.717, 1.165) is 24.0 Å². The lowest BCUT2D eigenvalue weighted by Gasteiger charge is -2.25. The second kappa shape index (κ2) is 3.78. The molecule has 0 radical (unpaired) electrons. The van der Waals surface area contributed by atoms with E-state index in [9.17, 15) is 0 Å². The zero-order valence-electron chi connectivity index (χ0n) is 7.39. The van der Waals surface area contributed by atoms with Gasteiger partial charge < -0.3 is 11.1 Å². The van der Waals surface area contributed by atoms with Gasteiger partial charge in [0.05, 0.1) is 0 Å². The summed E-state index contributed by atoms with van der Waals surface area (Å²) in [6.07, 6.45) is 1.05. The van der Waals surface area contributed by atoms with Gasteiger partial charge in [-0.25, -0.2) is 0 Å². The molecule has 2 rings (SSSR count). The molecule has 1 heterocycles. The fraction of sp³-hybridized carbons (Fsp3) is 0.400. The summed E-state index contributed by atoms with van der Waals surface area (Å²) in [4.78, 5) is 0. The monoisotopic (exact) mass is 240 g/mol. The first-order valence-electron chi connectivity index (χ1n) is 4.50. The normalized spacial score (nSPS) is 21.2. The molecule has 0 amide bonds. The van der Waals surface area contributed by atoms with E-state index in [0.29, 0.717) is 6.04 Å². The first kappa shape index (κ1) is 9.19. The smallest absolute Gasteiger partial charge is 0.0233 e. The average Bonchev–Trinajstić information content (AvgIpc) is 2.17. The summed E-state index contributed by atoms with van der Waals surface area (Å²) in [7, 11) is 0. The van der Waals surface area contributed by atoms with Gasteiger partial charge in [-0.3, -0.25) is 0 Å². The topological polar surface area (TPSA) is 38.0 Å². The number of benzene rings is 1. The van der Waals surface area contributed by atoms with Gasteiger partial charge >= 0.3 is 0 Å². The highest BCUT2D eigenvalue weighted by molar-refractivity contribution is 9.10. The van der Waals surface area contributed by atoms with Gasteiger partial charge in [-0.1, -0.05) is 22.0 Å². The van der Waals surface area contributed by atoms with Crippen molar-refractivity contribution in [3.8, 4) is 0 Å². The molecule has 0 saturated heterocycles. The molecule has 0 spiro atoms.